The molecule has 0 aliphatic carbocycles. The van der Waals surface area contributed by atoms with E-state index in [-0.39, 0.29) is 17.5 Å². The zero-order valence-electron chi connectivity index (χ0n) is 8.06. The molecule has 0 unspecified atom stereocenters. The number of carbonyl (C=O) groups is 1. The van der Waals surface area contributed by atoms with E-state index in [1.807, 2.05) is 6.92 Å². The van der Waals surface area contributed by atoms with Gasteiger partial charge in [-0.2, -0.15) is 0 Å². The van der Waals surface area contributed by atoms with E-state index in [0.29, 0.717) is 6.42 Å². The van der Waals surface area contributed by atoms with Gasteiger partial charge in [-0.1, -0.05) is 19.8 Å². The van der Waals surface area contributed by atoms with Crippen molar-refractivity contribution in [1.29, 1.82) is 0 Å². The molecule has 14 heavy (non-hydrogen) atoms. The SMILES string of the molecule is CCCC[C@H](N)c1ocnc1C(=O)O. The molecule has 0 radical (unpaired) electrons. The van der Waals surface area contributed by atoms with Crippen molar-refractivity contribution >= 4 is 5.97 Å². The van der Waals surface area contributed by atoms with Crippen LogP contribution in [0.2, 0.25) is 0 Å². The molecule has 1 rings (SSSR count). The maximum Gasteiger partial charge on any atom is 0.358 e. The fourth-order valence-electron chi connectivity index (χ4n) is 1.23. The van der Waals surface area contributed by atoms with E-state index in [9.17, 15) is 4.79 Å². The summed E-state index contributed by atoms with van der Waals surface area (Å²) in [6, 6.07) is -0.372. The van der Waals surface area contributed by atoms with Crippen LogP contribution in [0.25, 0.3) is 0 Å². The number of oxazole rings is 1. The second kappa shape index (κ2) is 4.76. The van der Waals surface area contributed by atoms with Crippen LogP contribution in [0, 0.1) is 0 Å². The van der Waals surface area contributed by atoms with Crippen molar-refractivity contribution in [2.24, 2.45) is 5.73 Å². The molecule has 1 atom stereocenters. The fourth-order valence-corrected chi connectivity index (χ4v) is 1.23. The average Bonchev–Trinajstić information content (AvgIpc) is 2.62. The smallest absolute Gasteiger partial charge is 0.358 e. The van der Waals surface area contributed by atoms with E-state index in [4.69, 9.17) is 15.3 Å². The second-order valence-corrected chi connectivity index (χ2v) is 3.12. The van der Waals surface area contributed by atoms with Crippen LogP contribution in [0.15, 0.2) is 10.8 Å². The highest BCUT2D eigenvalue weighted by Crippen LogP contribution is 2.19. The highest BCUT2D eigenvalue weighted by molar-refractivity contribution is 5.86. The molecular formula is C9H14N2O3. The first kappa shape index (κ1) is 10.7. The van der Waals surface area contributed by atoms with Gasteiger partial charge in [-0.25, -0.2) is 9.78 Å². The largest absolute Gasteiger partial charge is 0.476 e. The Labute approximate surface area is 81.9 Å². The molecule has 0 bridgehead atoms. The number of hydrogen-bond acceptors (Lipinski definition) is 4. The lowest BCUT2D eigenvalue weighted by molar-refractivity contribution is 0.0688. The molecule has 78 valence electrons. The summed E-state index contributed by atoms with van der Waals surface area (Å²) in [5.74, 6) is -0.827. The number of aromatic nitrogens is 1. The minimum Gasteiger partial charge on any atom is -0.476 e. The predicted molar refractivity (Wildman–Crippen MR) is 49.9 cm³/mol. The van der Waals surface area contributed by atoms with Crippen molar-refractivity contribution in [1.82, 2.24) is 4.98 Å². The summed E-state index contributed by atoms with van der Waals surface area (Å²) >= 11 is 0. The van der Waals surface area contributed by atoms with Crippen molar-refractivity contribution in [3.63, 3.8) is 0 Å². The summed E-state index contributed by atoms with van der Waals surface area (Å²) in [4.78, 5) is 14.3. The molecule has 1 aromatic rings. The average molecular weight is 198 g/mol. The lowest BCUT2D eigenvalue weighted by Gasteiger charge is -2.07. The van der Waals surface area contributed by atoms with E-state index < -0.39 is 5.97 Å². The molecular weight excluding hydrogens is 184 g/mol. The van der Waals surface area contributed by atoms with Crippen LogP contribution in [0.4, 0.5) is 0 Å². The lowest BCUT2D eigenvalue weighted by atomic mass is 10.1. The van der Waals surface area contributed by atoms with Crippen molar-refractivity contribution in [3.05, 3.63) is 17.8 Å². The molecule has 1 heterocycles. The molecule has 1 aromatic heterocycles. The van der Waals surface area contributed by atoms with Crippen molar-refractivity contribution < 1.29 is 14.3 Å². The molecule has 5 heteroatoms. The molecule has 0 aromatic carbocycles. The number of nitrogens with two attached hydrogens (primary N) is 1. The minimum absolute atomic E-state index is 0.0754. The van der Waals surface area contributed by atoms with Gasteiger partial charge in [0, 0.05) is 0 Å². The normalized spacial score (nSPS) is 12.7. The molecule has 3 N–H and O–H groups in total. The van der Waals surface area contributed by atoms with Crippen LogP contribution in [-0.4, -0.2) is 16.1 Å². The van der Waals surface area contributed by atoms with Crippen molar-refractivity contribution in [3.8, 4) is 0 Å². The van der Waals surface area contributed by atoms with Gasteiger partial charge in [0.05, 0.1) is 6.04 Å². The zero-order chi connectivity index (χ0) is 10.6. The first-order valence-corrected chi connectivity index (χ1v) is 4.59. The van der Waals surface area contributed by atoms with E-state index in [0.717, 1.165) is 19.2 Å². The Balaban J connectivity index is 2.73. The second-order valence-electron chi connectivity index (χ2n) is 3.12. The van der Waals surface area contributed by atoms with E-state index in [1.54, 1.807) is 0 Å². The molecule has 0 amide bonds. The third-order valence-corrected chi connectivity index (χ3v) is 2.00. The number of unbranched alkanes of at least 4 members (excludes halogenated alkanes) is 1. The van der Waals surface area contributed by atoms with Crippen LogP contribution in [0.5, 0.6) is 0 Å². The number of nitrogens with zero attached hydrogens (tertiary/aromatic N) is 1. The van der Waals surface area contributed by atoms with Gasteiger partial charge in [0.25, 0.3) is 0 Å². The van der Waals surface area contributed by atoms with Gasteiger partial charge in [0.2, 0.25) is 0 Å². The van der Waals surface area contributed by atoms with E-state index in [1.165, 1.54) is 0 Å². The molecule has 0 saturated carbocycles. The Bertz CT molecular complexity index is 309. The Kier molecular flexibility index (Phi) is 3.64. The summed E-state index contributed by atoms with van der Waals surface area (Å²) in [5.41, 5.74) is 5.69. The summed E-state index contributed by atoms with van der Waals surface area (Å²) in [5, 5.41) is 8.75. The van der Waals surface area contributed by atoms with Gasteiger partial charge in [-0.3, -0.25) is 0 Å². The van der Waals surface area contributed by atoms with Gasteiger partial charge in [-0.15, -0.1) is 0 Å². The van der Waals surface area contributed by atoms with Gasteiger partial charge in [-0.05, 0) is 6.42 Å². The number of carboxylic acid groups (broad SMARTS) is 1. The van der Waals surface area contributed by atoms with Gasteiger partial charge in [0.15, 0.2) is 17.8 Å². The first-order chi connectivity index (χ1) is 6.66. The maximum atomic E-state index is 10.7. The number of aromatic carboxylic acids is 1. The molecule has 0 fully saturated rings. The number of hydrogen-bond donors (Lipinski definition) is 2. The Morgan fingerprint density at radius 3 is 3.07 bits per heavy atom. The monoisotopic (exact) mass is 198 g/mol. The van der Waals surface area contributed by atoms with E-state index >= 15 is 0 Å². The summed E-state index contributed by atoms with van der Waals surface area (Å²) < 4.78 is 4.97. The lowest BCUT2D eigenvalue weighted by Crippen LogP contribution is -2.13. The van der Waals surface area contributed by atoms with Crippen LogP contribution >= 0.6 is 0 Å². The Hall–Kier alpha value is -1.36. The topological polar surface area (TPSA) is 89.4 Å². The minimum atomic E-state index is -1.10. The molecule has 0 aliphatic rings. The van der Waals surface area contributed by atoms with Gasteiger partial charge >= 0.3 is 5.97 Å². The molecule has 0 saturated heterocycles. The summed E-state index contributed by atoms with van der Waals surface area (Å²) in [6.45, 7) is 2.05. The third kappa shape index (κ3) is 2.32. The number of rotatable bonds is 5. The van der Waals surface area contributed by atoms with Crippen LogP contribution in [0.1, 0.15) is 48.5 Å². The fraction of sp³-hybridized carbons (Fsp3) is 0.556. The van der Waals surface area contributed by atoms with Crippen LogP contribution < -0.4 is 5.73 Å². The van der Waals surface area contributed by atoms with Crippen LogP contribution in [-0.2, 0) is 0 Å². The Morgan fingerprint density at radius 2 is 2.50 bits per heavy atom. The van der Waals surface area contributed by atoms with Gasteiger partial charge < -0.3 is 15.3 Å². The van der Waals surface area contributed by atoms with Crippen molar-refractivity contribution in [2.75, 3.05) is 0 Å². The highest BCUT2D eigenvalue weighted by Gasteiger charge is 2.20. The quantitative estimate of drug-likeness (QED) is 0.749. The predicted octanol–water partition coefficient (Wildman–Crippen LogP) is 1.56. The zero-order valence-corrected chi connectivity index (χ0v) is 8.06. The van der Waals surface area contributed by atoms with E-state index in [2.05, 4.69) is 4.98 Å². The summed E-state index contributed by atoms with van der Waals surface area (Å²) in [7, 11) is 0. The van der Waals surface area contributed by atoms with Gasteiger partial charge in [0.1, 0.15) is 0 Å². The van der Waals surface area contributed by atoms with Crippen molar-refractivity contribution in [2.45, 2.75) is 32.2 Å². The first-order valence-electron chi connectivity index (χ1n) is 4.59. The Morgan fingerprint density at radius 1 is 1.79 bits per heavy atom. The third-order valence-electron chi connectivity index (χ3n) is 2.00. The summed E-state index contributed by atoms with van der Waals surface area (Å²) in [6.07, 6.45) is 3.79. The highest BCUT2D eigenvalue weighted by atomic mass is 16.4. The molecule has 0 aliphatic heterocycles. The standard InChI is InChI=1S/C9H14N2O3/c1-2-3-4-6(10)8-7(9(12)13)11-5-14-8/h5-6H,2-4,10H2,1H3,(H,12,13)/t6-/m0/s1. The molecule has 0 spiro atoms. The maximum absolute atomic E-state index is 10.7. The van der Waals surface area contributed by atoms with Crippen LogP contribution in [0.3, 0.4) is 0 Å². The molecule has 5 nitrogen and oxygen atoms in total. The number of carboxylic acids is 1.